The second kappa shape index (κ2) is 16.6. The van der Waals surface area contributed by atoms with Crippen molar-refractivity contribution in [3.05, 3.63) is 88.7 Å². The van der Waals surface area contributed by atoms with Crippen LogP contribution in [0.4, 0.5) is 4.39 Å². The summed E-state index contributed by atoms with van der Waals surface area (Å²) < 4.78 is 28.1. The van der Waals surface area contributed by atoms with Gasteiger partial charge in [-0.1, -0.05) is 60.5 Å². The van der Waals surface area contributed by atoms with Crippen LogP contribution in [0.15, 0.2) is 88.1 Å². The molecule has 0 spiro atoms. The average molecular weight is 623 g/mol. The van der Waals surface area contributed by atoms with Crippen molar-refractivity contribution in [1.82, 2.24) is 15.1 Å². The molecule has 1 heterocycles. The zero-order chi connectivity index (χ0) is 31.5. The standard InChI is InChI=1S/C35H44ClFN4O3/c1-25(41-19-22-43-23-20-41)31-24-32(36)33(30-15-10-13-28-12-6-7-14-29(28)30)34(37)35(31)39-27(3)44-21-11-18-40(4)17-9-5-8-16-38-26(2)42/h6-7,10,12-15,24H,3,5,8-9,11,16-23H2,1-2,4H3,(H,38,42)/b31-25+,39-35+. The lowest BCUT2D eigenvalue weighted by molar-refractivity contribution is -0.118. The number of allylic oxidation sites excluding steroid dienone is 6. The number of nitrogens with zero attached hydrogens (tertiary/aromatic N) is 3. The molecule has 4 rings (SSSR count). The molecule has 1 saturated heterocycles. The molecule has 1 fully saturated rings. The lowest BCUT2D eigenvalue weighted by Crippen LogP contribution is -2.36. The lowest BCUT2D eigenvalue weighted by atomic mass is 9.90. The van der Waals surface area contributed by atoms with Crippen molar-refractivity contribution in [2.24, 2.45) is 4.99 Å². The molecule has 2 aliphatic rings. The van der Waals surface area contributed by atoms with E-state index < -0.39 is 5.83 Å². The molecule has 0 aromatic heterocycles. The summed E-state index contributed by atoms with van der Waals surface area (Å²) >= 11 is 6.85. The first-order chi connectivity index (χ1) is 21.3. The molecule has 2 aromatic rings. The van der Waals surface area contributed by atoms with E-state index in [1.54, 1.807) is 0 Å². The van der Waals surface area contributed by atoms with Crippen molar-refractivity contribution >= 4 is 39.6 Å². The van der Waals surface area contributed by atoms with Crippen molar-refractivity contribution < 1.29 is 18.7 Å². The molecule has 236 valence electrons. The Bertz CT molecular complexity index is 1450. The molecule has 0 unspecified atom stereocenters. The molecule has 1 amide bonds. The smallest absolute Gasteiger partial charge is 0.216 e. The number of ether oxygens (including phenoxy) is 2. The number of halogens is 2. The third-order valence-corrected chi connectivity index (χ3v) is 8.20. The quantitative estimate of drug-likeness (QED) is 0.185. The van der Waals surface area contributed by atoms with E-state index in [4.69, 9.17) is 21.1 Å². The van der Waals surface area contributed by atoms with Crippen LogP contribution >= 0.6 is 11.6 Å². The van der Waals surface area contributed by atoms with Crippen LogP contribution in [0.5, 0.6) is 0 Å². The second-order valence-electron chi connectivity index (χ2n) is 11.2. The van der Waals surface area contributed by atoms with Crippen LogP contribution in [-0.2, 0) is 14.3 Å². The van der Waals surface area contributed by atoms with E-state index in [2.05, 4.69) is 33.7 Å². The third kappa shape index (κ3) is 9.03. The van der Waals surface area contributed by atoms with Gasteiger partial charge in [-0.25, -0.2) is 9.38 Å². The molecule has 7 nitrogen and oxygen atoms in total. The molecule has 1 aliphatic heterocycles. The Hall–Kier alpha value is -3.46. The maximum Gasteiger partial charge on any atom is 0.216 e. The van der Waals surface area contributed by atoms with Crippen molar-refractivity contribution in [1.29, 1.82) is 0 Å². The summed E-state index contributed by atoms with van der Waals surface area (Å²) in [5, 5.41) is 5.07. The van der Waals surface area contributed by atoms with E-state index in [9.17, 15) is 4.79 Å². The number of rotatable bonds is 14. The van der Waals surface area contributed by atoms with Gasteiger partial charge in [-0.05, 0) is 68.8 Å². The second-order valence-corrected chi connectivity index (χ2v) is 11.6. The maximum absolute atomic E-state index is 16.7. The highest BCUT2D eigenvalue weighted by atomic mass is 35.5. The van der Waals surface area contributed by atoms with Crippen molar-refractivity contribution in [3.63, 3.8) is 0 Å². The van der Waals surface area contributed by atoms with Crippen LogP contribution < -0.4 is 5.32 Å². The summed E-state index contributed by atoms with van der Waals surface area (Å²) in [7, 11) is 2.08. The average Bonchev–Trinajstić information content (AvgIpc) is 3.02. The Kier molecular flexibility index (Phi) is 12.6. The number of hydrogen-bond donors (Lipinski definition) is 1. The highest BCUT2D eigenvalue weighted by molar-refractivity contribution is 6.41. The summed E-state index contributed by atoms with van der Waals surface area (Å²) in [4.78, 5) is 20.0. The number of unbranched alkanes of at least 4 members (excludes halogenated alkanes) is 2. The molecule has 9 heteroatoms. The van der Waals surface area contributed by atoms with Crippen LogP contribution in [0, 0.1) is 0 Å². The molecule has 2 aromatic carbocycles. The van der Waals surface area contributed by atoms with Crippen molar-refractivity contribution in [3.8, 4) is 0 Å². The Balaban J connectivity index is 1.48. The maximum atomic E-state index is 16.7. The number of amides is 1. The zero-order valence-electron chi connectivity index (χ0n) is 26.1. The zero-order valence-corrected chi connectivity index (χ0v) is 26.9. The van der Waals surface area contributed by atoms with Crippen molar-refractivity contribution in [2.75, 3.05) is 59.6 Å². The van der Waals surface area contributed by atoms with E-state index in [1.807, 2.05) is 55.5 Å². The van der Waals surface area contributed by atoms with Crippen LogP contribution in [-0.4, -0.2) is 81.0 Å². The largest absolute Gasteiger partial charge is 0.478 e. The molecule has 1 aliphatic carbocycles. The summed E-state index contributed by atoms with van der Waals surface area (Å²) in [5.74, 6) is -0.327. The van der Waals surface area contributed by atoms with E-state index >= 15 is 4.39 Å². The van der Waals surface area contributed by atoms with Gasteiger partial charge in [0.2, 0.25) is 11.8 Å². The number of carbonyl (C=O) groups excluding carboxylic acids is 1. The monoisotopic (exact) mass is 622 g/mol. The Morgan fingerprint density at radius 2 is 1.82 bits per heavy atom. The number of hydrogen-bond acceptors (Lipinski definition) is 6. The van der Waals surface area contributed by atoms with Crippen LogP contribution in [0.3, 0.4) is 0 Å². The molecule has 44 heavy (non-hydrogen) atoms. The van der Waals surface area contributed by atoms with Gasteiger partial charge >= 0.3 is 0 Å². The van der Waals surface area contributed by atoms with Gasteiger partial charge in [0.15, 0.2) is 5.83 Å². The van der Waals surface area contributed by atoms with Crippen molar-refractivity contribution in [2.45, 2.75) is 39.5 Å². The minimum Gasteiger partial charge on any atom is -0.478 e. The number of aliphatic imine (C=N–C) groups is 1. The Labute approximate surface area is 265 Å². The van der Waals surface area contributed by atoms with Crippen LogP contribution in [0.1, 0.15) is 45.1 Å². The Morgan fingerprint density at radius 3 is 2.59 bits per heavy atom. The number of carbonyl (C=O) groups is 1. The van der Waals surface area contributed by atoms with Gasteiger partial charge in [0.1, 0.15) is 5.71 Å². The molecule has 0 saturated carbocycles. The lowest BCUT2D eigenvalue weighted by Gasteiger charge is -2.32. The Morgan fingerprint density at radius 1 is 1.09 bits per heavy atom. The predicted octanol–water partition coefficient (Wildman–Crippen LogP) is 6.82. The fraction of sp³-hybridized carbons (Fsp3) is 0.429. The number of fused-ring (bicyclic) bond motifs is 1. The van der Waals surface area contributed by atoms with Gasteiger partial charge in [0.25, 0.3) is 0 Å². The fourth-order valence-electron chi connectivity index (χ4n) is 5.49. The van der Waals surface area contributed by atoms with Gasteiger partial charge in [-0.2, -0.15) is 0 Å². The van der Waals surface area contributed by atoms with E-state index in [0.29, 0.717) is 54.7 Å². The number of nitrogens with one attached hydrogen (secondary N) is 1. The summed E-state index contributed by atoms with van der Waals surface area (Å²) in [6, 6.07) is 13.7. The molecular formula is C35H44ClFN4O3. The van der Waals surface area contributed by atoms with Gasteiger partial charge in [0, 0.05) is 49.9 Å². The highest BCUT2D eigenvalue weighted by Gasteiger charge is 2.29. The molecular weight excluding hydrogens is 579 g/mol. The number of benzene rings is 2. The molecule has 1 N–H and O–H groups in total. The SMILES string of the molecule is C=C(/N=C1/C(F)=C(c2cccc3ccccc23)C(Cl)=C/C1=C(/C)N1CCOCC1)OCCCN(C)CCCCCNC(C)=O. The summed E-state index contributed by atoms with van der Waals surface area (Å²) in [6.07, 6.45) is 5.70. The van der Waals surface area contributed by atoms with Crippen LogP contribution in [0.25, 0.3) is 16.3 Å². The number of morpholine rings is 1. The summed E-state index contributed by atoms with van der Waals surface area (Å²) in [5.41, 5.74) is 2.68. The minimum absolute atomic E-state index is 0.0149. The van der Waals surface area contributed by atoms with Gasteiger partial charge in [0.05, 0.1) is 24.9 Å². The first-order valence-electron chi connectivity index (χ1n) is 15.4. The van der Waals surface area contributed by atoms with Gasteiger partial charge < -0.3 is 24.6 Å². The molecule has 0 bridgehead atoms. The first-order valence-corrected chi connectivity index (χ1v) is 15.8. The first kappa shape index (κ1) is 33.4. The third-order valence-electron chi connectivity index (χ3n) is 7.91. The van der Waals surface area contributed by atoms with Gasteiger partial charge in [-0.15, -0.1) is 0 Å². The summed E-state index contributed by atoms with van der Waals surface area (Å²) in [6.45, 7) is 13.1. The van der Waals surface area contributed by atoms with E-state index in [1.165, 1.54) is 6.92 Å². The predicted molar refractivity (Wildman–Crippen MR) is 178 cm³/mol. The van der Waals surface area contributed by atoms with Crippen LogP contribution in [0.2, 0.25) is 0 Å². The minimum atomic E-state index is -0.501. The van der Waals surface area contributed by atoms with E-state index in [-0.39, 0.29) is 17.5 Å². The fourth-order valence-corrected chi connectivity index (χ4v) is 5.79. The highest BCUT2D eigenvalue weighted by Crippen LogP contribution is 2.41. The van der Waals surface area contributed by atoms with E-state index in [0.717, 1.165) is 61.8 Å². The molecule has 0 radical (unpaired) electrons. The normalized spacial score (nSPS) is 17.7. The molecule has 0 atom stereocenters. The van der Waals surface area contributed by atoms with Gasteiger partial charge in [-0.3, -0.25) is 4.79 Å². The topological polar surface area (TPSA) is 66.4 Å².